The fourth-order valence-electron chi connectivity index (χ4n) is 2.58. The highest BCUT2D eigenvalue weighted by molar-refractivity contribution is 5.85. The lowest BCUT2D eigenvalue weighted by atomic mass is 9.89. The van der Waals surface area contributed by atoms with E-state index in [0.717, 1.165) is 32.2 Å². The lowest BCUT2D eigenvalue weighted by Crippen LogP contribution is -2.51. The molecule has 92 valence electrons. The molecular formula is C14H20N2O. The molecule has 1 unspecified atom stereocenters. The summed E-state index contributed by atoms with van der Waals surface area (Å²) in [6.45, 7) is 2.98. The molecule has 3 nitrogen and oxygen atoms in total. The van der Waals surface area contributed by atoms with Crippen LogP contribution >= 0.6 is 0 Å². The molecule has 1 aromatic carbocycles. The zero-order valence-electron chi connectivity index (χ0n) is 10.3. The summed E-state index contributed by atoms with van der Waals surface area (Å²) < 4.78 is 0. The van der Waals surface area contributed by atoms with E-state index in [1.807, 2.05) is 0 Å². The third-order valence-corrected chi connectivity index (χ3v) is 3.64. The van der Waals surface area contributed by atoms with Crippen LogP contribution < -0.4 is 11.1 Å². The van der Waals surface area contributed by atoms with Crippen LogP contribution in [0.3, 0.4) is 0 Å². The minimum absolute atomic E-state index is 0.206. The summed E-state index contributed by atoms with van der Waals surface area (Å²) in [6, 6.07) is 8.42. The number of nitrogens with one attached hydrogen (secondary N) is 1. The number of hydrogen-bond donors (Lipinski definition) is 2. The van der Waals surface area contributed by atoms with Gasteiger partial charge in [0, 0.05) is 0 Å². The van der Waals surface area contributed by atoms with E-state index in [2.05, 4.69) is 36.5 Å². The molecular weight excluding hydrogens is 212 g/mol. The zero-order chi connectivity index (χ0) is 12.3. The van der Waals surface area contributed by atoms with Crippen molar-refractivity contribution in [3.63, 3.8) is 0 Å². The Balaban J connectivity index is 2.03. The van der Waals surface area contributed by atoms with Crippen molar-refractivity contribution in [2.24, 2.45) is 5.73 Å². The van der Waals surface area contributed by atoms with Crippen LogP contribution in [0.15, 0.2) is 24.3 Å². The van der Waals surface area contributed by atoms with E-state index in [9.17, 15) is 4.79 Å². The Kier molecular flexibility index (Phi) is 3.48. The molecule has 1 fully saturated rings. The van der Waals surface area contributed by atoms with E-state index in [1.165, 1.54) is 11.1 Å². The smallest absolute Gasteiger partial charge is 0.237 e. The third kappa shape index (κ3) is 2.67. The summed E-state index contributed by atoms with van der Waals surface area (Å²) in [5.41, 5.74) is 7.59. The Morgan fingerprint density at radius 1 is 1.53 bits per heavy atom. The van der Waals surface area contributed by atoms with Crippen LogP contribution in [0.2, 0.25) is 0 Å². The van der Waals surface area contributed by atoms with E-state index in [-0.39, 0.29) is 5.91 Å². The van der Waals surface area contributed by atoms with Crippen molar-refractivity contribution in [1.82, 2.24) is 5.32 Å². The molecule has 0 radical (unpaired) electrons. The van der Waals surface area contributed by atoms with Crippen LogP contribution in [0.1, 0.15) is 30.4 Å². The maximum atomic E-state index is 11.6. The number of primary amides is 1. The van der Waals surface area contributed by atoms with Gasteiger partial charge in [0.1, 0.15) is 0 Å². The van der Waals surface area contributed by atoms with Gasteiger partial charge in [0.2, 0.25) is 5.91 Å². The SMILES string of the molecule is Cc1cccc(CCC2(C(N)=O)CCCN2)c1. The Morgan fingerprint density at radius 2 is 2.35 bits per heavy atom. The van der Waals surface area contributed by atoms with Gasteiger partial charge < -0.3 is 11.1 Å². The molecule has 0 aromatic heterocycles. The van der Waals surface area contributed by atoms with E-state index in [1.54, 1.807) is 0 Å². The maximum absolute atomic E-state index is 11.6. The first-order valence-corrected chi connectivity index (χ1v) is 6.23. The topological polar surface area (TPSA) is 55.1 Å². The van der Waals surface area contributed by atoms with Crippen LogP contribution in [0, 0.1) is 6.92 Å². The number of aryl methyl sites for hydroxylation is 2. The van der Waals surface area contributed by atoms with Gasteiger partial charge in [-0.15, -0.1) is 0 Å². The summed E-state index contributed by atoms with van der Waals surface area (Å²) in [5, 5.41) is 3.28. The van der Waals surface area contributed by atoms with Crippen molar-refractivity contribution >= 4 is 5.91 Å². The highest BCUT2D eigenvalue weighted by atomic mass is 16.1. The summed E-state index contributed by atoms with van der Waals surface area (Å²) in [6.07, 6.45) is 3.61. The van der Waals surface area contributed by atoms with Crippen LogP contribution in [0.5, 0.6) is 0 Å². The number of hydrogen-bond acceptors (Lipinski definition) is 2. The van der Waals surface area contributed by atoms with E-state index >= 15 is 0 Å². The lowest BCUT2D eigenvalue weighted by molar-refractivity contribution is -0.124. The van der Waals surface area contributed by atoms with Gasteiger partial charge in [0.25, 0.3) is 0 Å². The first kappa shape index (κ1) is 12.1. The first-order valence-electron chi connectivity index (χ1n) is 6.23. The average molecular weight is 232 g/mol. The van der Waals surface area contributed by atoms with E-state index in [4.69, 9.17) is 5.73 Å². The molecule has 0 aliphatic carbocycles. The van der Waals surface area contributed by atoms with Crippen LogP contribution in [0.25, 0.3) is 0 Å². The molecule has 1 aliphatic heterocycles. The Labute approximate surface area is 102 Å². The summed E-state index contributed by atoms with van der Waals surface area (Å²) in [4.78, 5) is 11.6. The highest BCUT2D eigenvalue weighted by Gasteiger charge is 2.38. The van der Waals surface area contributed by atoms with Gasteiger partial charge in [0.15, 0.2) is 0 Å². The monoisotopic (exact) mass is 232 g/mol. The van der Waals surface area contributed by atoms with Crippen molar-refractivity contribution < 1.29 is 4.79 Å². The fourth-order valence-corrected chi connectivity index (χ4v) is 2.58. The molecule has 1 aliphatic rings. The molecule has 0 saturated carbocycles. The number of nitrogens with two attached hydrogens (primary N) is 1. The molecule has 1 aromatic rings. The summed E-state index contributed by atoms with van der Waals surface area (Å²) >= 11 is 0. The number of carbonyl (C=O) groups is 1. The molecule has 1 heterocycles. The molecule has 17 heavy (non-hydrogen) atoms. The molecule has 3 N–H and O–H groups in total. The van der Waals surface area contributed by atoms with Gasteiger partial charge in [0.05, 0.1) is 5.54 Å². The van der Waals surface area contributed by atoms with Gasteiger partial charge in [-0.1, -0.05) is 29.8 Å². The van der Waals surface area contributed by atoms with Gasteiger partial charge in [-0.05, 0) is 44.7 Å². The second-order valence-corrected chi connectivity index (χ2v) is 4.97. The van der Waals surface area contributed by atoms with Crippen LogP contribution in [-0.4, -0.2) is 18.0 Å². The Bertz CT molecular complexity index is 408. The van der Waals surface area contributed by atoms with E-state index in [0.29, 0.717) is 0 Å². The number of benzene rings is 1. The molecule has 2 rings (SSSR count). The van der Waals surface area contributed by atoms with Gasteiger partial charge in [-0.2, -0.15) is 0 Å². The second kappa shape index (κ2) is 4.88. The quantitative estimate of drug-likeness (QED) is 0.827. The van der Waals surface area contributed by atoms with Crippen molar-refractivity contribution in [1.29, 1.82) is 0 Å². The molecule has 1 atom stereocenters. The zero-order valence-corrected chi connectivity index (χ0v) is 10.3. The maximum Gasteiger partial charge on any atom is 0.237 e. The van der Waals surface area contributed by atoms with Crippen LogP contribution in [0.4, 0.5) is 0 Å². The minimum Gasteiger partial charge on any atom is -0.368 e. The van der Waals surface area contributed by atoms with Gasteiger partial charge >= 0.3 is 0 Å². The highest BCUT2D eigenvalue weighted by Crippen LogP contribution is 2.24. The molecule has 0 bridgehead atoms. The van der Waals surface area contributed by atoms with E-state index < -0.39 is 5.54 Å². The largest absolute Gasteiger partial charge is 0.368 e. The third-order valence-electron chi connectivity index (χ3n) is 3.64. The number of rotatable bonds is 4. The lowest BCUT2D eigenvalue weighted by Gasteiger charge is -2.25. The molecule has 0 spiro atoms. The Hall–Kier alpha value is -1.35. The predicted molar refractivity (Wildman–Crippen MR) is 68.7 cm³/mol. The molecule has 3 heteroatoms. The molecule has 1 saturated heterocycles. The number of carbonyl (C=O) groups excluding carboxylic acids is 1. The second-order valence-electron chi connectivity index (χ2n) is 4.97. The summed E-state index contributed by atoms with van der Waals surface area (Å²) in [7, 11) is 0. The first-order chi connectivity index (χ1) is 8.12. The predicted octanol–water partition coefficient (Wildman–Crippen LogP) is 1.54. The average Bonchev–Trinajstić information content (AvgIpc) is 2.76. The van der Waals surface area contributed by atoms with Gasteiger partial charge in [-0.25, -0.2) is 0 Å². The van der Waals surface area contributed by atoms with Crippen molar-refractivity contribution in [2.75, 3.05) is 6.54 Å². The summed E-state index contributed by atoms with van der Waals surface area (Å²) in [5.74, 6) is -0.206. The standard InChI is InChI=1S/C14H20N2O/c1-11-4-2-5-12(10-11)6-8-14(13(15)17)7-3-9-16-14/h2,4-5,10,16H,3,6-9H2,1H3,(H2,15,17). The minimum atomic E-state index is -0.469. The van der Waals surface area contributed by atoms with Crippen molar-refractivity contribution in [3.05, 3.63) is 35.4 Å². The number of amides is 1. The van der Waals surface area contributed by atoms with Crippen LogP contribution in [-0.2, 0) is 11.2 Å². The fraction of sp³-hybridized carbons (Fsp3) is 0.500. The van der Waals surface area contributed by atoms with Crippen molar-refractivity contribution in [3.8, 4) is 0 Å². The molecule has 1 amide bonds. The Morgan fingerprint density at radius 3 is 2.94 bits per heavy atom. The normalized spacial score (nSPS) is 23.8. The van der Waals surface area contributed by atoms with Gasteiger partial charge in [-0.3, -0.25) is 4.79 Å². The van der Waals surface area contributed by atoms with Crippen molar-refractivity contribution in [2.45, 2.75) is 38.1 Å².